The molecule has 1 aromatic rings. The average molecular weight is 389 g/mol. The van der Waals surface area contributed by atoms with Crippen LogP contribution in [0, 0.1) is 5.92 Å². The highest BCUT2D eigenvalue weighted by Gasteiger charge is 2.44. The Balaban J connectivity index is 2.06. The van der Waals surface area contributed by atoms with E-state index in [4.69, 9.17) is 4.74 Å². The van der Waals surface area contributed by atoms with E-state index < -0.39 is 48.3 Å². The zero-order valence-corrected chi connectivity index (χ0v) is 16.1. The first-order valence-electron chi connectivity index (χ1n) is 8.87. The van der Waals surface area contributed by atoms with E-state index >= 15 is 0 Å². The zero-order chi connectivity index (χ0) is 21.0. The Bertz CT molecular complexity index is 783. The number of esters is 1. The molecule has 0 spiro atoms. The molecule has 0 saturated carbocycles. The minimum Gasteiger partial charge on any atom is -0.454 e. The molecule has 0 unspecified atom stereocenters. The summed E-state index contributed by atoms with van der Waals surface area (Å²) in [5, 5.41) is 4.48. The number of carbonyl (C=O) groups is 5. The SMILES string of the molecule is CC(C)NC(=O)NC(=O)COC(=O)[C@@H](C(C)C)N1C(=O)c2ccccc2C1=O. The summed E-state index contributed by atoms with van der Waals surface area (Å²) < 4.78 is 4.96. The zero-order valence-electron chi connectivity index (χ0n) is 16.1. The molecule has 9 heteroatoms. The number of imide groups is 2. The van der Waals surface area contributed by atoms with Crippen molar-refractivity contribution < 1.29 is 28.7 Å². The van der Waals surface area contributed by atoms with Gasteiger partial charge in [0.15, 0.2) is 6.61 Å². The summed E-state index contributed by atoms with van der Waals surface area (Å²) in [4.78, 5) is 61.9. The van der Waals surface area contributed by atoms with E-state index in [2.05, 4.69) is 5.32 Å². The molecule has 1 aliphatic heterocycles. The number of nitrogens with one attached hydrogen (secondary N) is 2. The standard InChI is InChI=1S/C19H23N3O6/c1-10(2)15(18(26)28-9-14(23)21-19(27)20-11(3)4)22-16(24)12-7-5-6-8-13(12)17(22)25/h5-8,10-11,15H,9H2,1-4H3,(H2,20,21,23,27)/t15-/m1/s1. The number of ether oxygens (including phenoxy) is 1. The minimum absolute atomic E-state index is 0.172. The van der Waals surface area contributed by atoms with Crippen molar-refractivity contribution in [1.29, 1.82) is 0 Å². The van der Waals surface area contributed by atoms with Gasteiger partial charge in [-0.2, -0.15) is 0 Å². The number of fused-ring (bicyclic) bond motifs is 1. The summed E-state index contributed by atoms with van der Waals surface area (Å²) in [6.07, 6.45) is 0. The smallest absolute Gasteiger partial charge is 0.330 e. The molecule has 150 valence electrons. The van der Waals surface area contributed by atoms with Gasteiger partial charge in [-0.3, -0.25) is 24.6 Å². The topological polar surface area (TPSA) is 122 Å². The van der Waals surface area contributed by atoms with E-state index in [-0.39, 0.29) is 17.2 Å². The van der Waals surface area contributed by atoms with Gasteiger partial charge in [-0.1, -0.05) is 26.0 Å². The third kappa shape index (κ3) is 4.54. The number of nitrogens with zero attached hydrogens (tertiary/aromatic N) is 1. The lowest BCUT2D eigenvalue weighted by molar-refractivity contribution is -0.153. The van der Waals surface area contributed by atoms with Gasteiger partial charge in [-0.25, -0.2) is 9.59 Å². The number of carbonyl (C=O) groups excluding carboxylic acids is 5. The van der Waals surface area contributed by atoms with Crippen molar-refractivity contribution >= 4 is 29.7 Å². The van der Waals surface area contributed by atoms with Crippen molar-refractivity contribution in [1.82, 2.24) is 15.5 Å². The van der Waals surface area contributed by atoms with E-state index in [1.807, 2.05) is 5.32 Å². The second-order valence-corrected chi connectivity index (χ2v) is 7.00. The molecule has 1 aliphatic rings. The minimum atomic E-state index is -1.19. The van der Waals surface area contributed by atoms with Gasteiger partial charge in [-0.15, -0.1) is 0 Å². The van der Waals surface area contributed by atoms with Crippen molar-refractivity contribution in [3.8, 4) is 0 Å². The number of urea groups is 1. The molecule has 28 heavy (non-hydrogen) atoms. The highest BCUT2D eigenvalue weighted by molar-refractivity contribution is 6.22. The summed E-state index contributed by atoms with van der Waals surface area (Å²) in [7, 11) is 0. The molecule has 0 aliphatic carbocycles. The second-order valence-electron chi connectivity index (χ2n) is 7.00. The van der Waals surface area contributed by atoms with E-state index in [1.54, 1.807) is 39.8 Å². The first kappa shape index (κ1) is 21.1. The first-order valence-corrected chi connectivity index (χ1v) is 8.87. The molecule has 1 atom stereocenters. The van der Waals surface area contributed by atoms with E-state index in [0.29, 0.717) is 0 Å². The Kier molecular flexibility index (Phi) is 6.50. The lowest BCUT2D eigenvalue weighted by atomic mass is 10.0. The molecule has 0 saturated heterocycles. The Labute approximate surface area is 162 Å². The number of hydrogen-bond acceptors (Lipinski definition) is 6. The van der Waals surface area contributed by atoms with Crippen molar-refractivity contribution in [3.63, 3.8) is 0 Å². The maximum absolute atomic E-state index is 12.6. The summed E-state index contributed by atoms with van der Waals surface area (Å²) >= 11 is 0. The van der Waals surface area contributed by atoms with Crippen LogP contribution in [0.15, 0.2) is 24.3 Å². The summed E-state index contributed by atoms with van der Waals surface area (Å²) in [6, 6.07) is 4.21. The predicted octanol–water partition coefficient (Wildman–Crippen LogP) is 1.08. The molecule has 1 aromatic carbocycles. The molecule has 0 fully saturated rings. The molecule has 0 radical (unpaired) electrons. The third-order valence-corrected chi connectivity index (χ3v) is 3.99. The van der Waals surface area contributed by atoms with Crippen LogP contribution in [0.2, 0.25) is 0 Å². The molecule has 2 N–H and O–H groups in total. The maximum atomic E-state index is 12.6. The monoisotopic (exact) mass is 389 g/mol. The summed E-state index contributed by atoms with van der Waals surface area (Å²) in [5.74, 6) is -3.34. The number of rotatable bonds is 6. The van der Waals surface area contributed by atoms with Gasteiger partial charge in [0.2, 0.25) is 0 Å². The number of hydrogen-bond donors (Lipinski definition) is 2. The van der Waals surface area contributed by atoms with Crippen LogP contribution in [0.5, 0.6) is 0 Å². The van der Waals surface area contributed by atoms with Crippen LogP contribution in [0.3, 0.4) is 0 Å². The normalized spacial score (nSPS) is 14.1. The molecule has 1 heterocycles. The molecule has 0 aromatic heterocycles. The molecule has 5 amide bonds. The van der Waals surface area contributed by atoms with Gasteiger partial charge in [0.1, 0.15) is 6.04 Å². The van der Waals surface area contributed by atoms with Crippen LogP contribution < -0.4 is 10.6 Å². The highest BCUT2D eigenvalue weighted by Crippen LogP contribution is 2.27. The van der Waals surface area contributed by atoms with Crippen LogP contribution in [0.25, 0.3) is 0 Å². The van der Waals surface area contributed by atoms with E-state index in [1.165, 1.54) is 12.1 Å². The van der Waals surface area contributed by atoms with E-state index in [9.17, 15) is 24.0 Å². The molecule has 9 nitrogen and oxygen atoms in total. The lowest BCUT2D eigenvalue weighted by Gasteiger charge is -2.27. The number of amides is 5. The van der Waals surface area contributed by atoms with Crippen LogP contribution in [-0.4, -0.2) is 53.3 Å². The van der Waals surface area contributed by atoms with Crippen LogP contribution in [0.4, 0.5) is 4.79 Å². The molecule has 2 rings (SSSR count). The van der Waals surface area contributed by atoms with Crippen molar-refractivity contribution in [2.45, 2.75) is 39.8 Å². The van der Waals surface area contributed by atoms with Crippen molar-refractivity contribution in [2.24, 2.45) is 5.92 Å². The van der Waals surface area contributed by atoms with Crippen LogP contribution in [-0.2, 0) is 14.3 Å². The van der Waals surface area contributed by atoms with Crippen molar-refractivity contribution in [2.75, 3.05) is 6.61 Å². The molecule has 0 bridgehead atoms. The third-order valence-electron chi connectivity index (χ3n) is 3.99. The quantitative estimate of drug-likeness (QED) is 0.555. The van der Waals surface area contributed by atoms with Gasteiger partial charge in [0.05, 0.1) is 11.1 Å². The van der Waals surface area contributed by atoms with E-state index in [0.717, 1.165) is 4.90 Å². The fourth-order valence-corrected chi connectivity index (χ4v) is 2.82. The summed E-state index contributed by atoms with van der Waals surface area (Å²) in [6.45, 7) is 6.05. The Morgan fingerprint density at radius 1 is 1.00 bits per heavy atom. The molecular weight excluding hydrogens is 366 g/mol. The molecular formula is C19H23N3O6. The Hall–Kier alpha value is -3.23. The van der Waals surface area contributed by atoms with Gasteiger partial charge < -0.3 is 10.1 Å². The average Bonchev–Trinajstić information content (AvgIpc) is 2.85. The van der Waals surface area contributed by atoms with Crippen LogP contribution in [0.1, 0.15) is 48.4 Å². The Morgan fingerprint density at radius 2 is 1.54 bits per heavy atom. The summed E-state index contributed by atoms with van der Waals surface area (Å²) in [5.41, 5.74) is 0.433. The largest absolute Gasteiger partial charge is 0.454 e. The predicted molar refractivity (Wildman–Crippen MR) is 98.3 cm³/mol. The Morgan fingerprint density at radius 3 is 2.00 bits per heavy atom. The highest BCUT2D eigenvalue weighted by atomic mass is 16.5. The van der Waals surface area contributed by atoms with Gasteiger partial charge in [0.25, 0.3) is 17.7 Å². The first-order chi connectivity index (χ1) is 13.1. The van der Waals surface area contributed by atoms with Crippen molar-refractivity contribution in [3.05, 3.63) is 35.4 Å². The van der Waals surface area contributed by atoms with Crippen LogP contribution >= 0.6 is 0 Å². The fraction of sp³-hybridized carbons (Fsp3) is 0.421. The van der Waals surface area contributed by atoms with Gasteiger partial charge >= 0.3 is 12.0 Å². The fourth-order valence-electron chi connectivity index (χ4n) is 2.82. The second kappa shape index (κ2) is 8.64. The lowest BCUT2D eigenvalue weighted by Crippen LogP contribution is -2.49. The number of benzene rings is 1. The maximum Gasteiger partial charge on any atom is 0.330 e. The van der Waals surface area contributed by atoms with Gasteiger partial charge in [-0.05, 0) is 31.9 Å². The van der Waals surface area contributed by atoms with Gasteiger partial charge in [0, 0.05) is 6.04 Å².